The van der Waals surface area contributed by atoms with Gasteiger partial charge < -0.3 is 10.2 Å². The van der Waals surface area contributed by atoms with E-state index in [0.717, 1.165) is 0 Å². The molecule has 2 aromatic rings. The van der Waals surface area contributed by atoms with E-state index in [4.69, 9.17) is 0 Å². The predicted octanol–water partition coefficient (Wildman–Crippen LogP) is 2.82. The average molecular weight is 295 g/mol. The summed E-state index contributed by atoms with van der Waals surface area (Å²) in [4.78, 5) is 17.6. The normalized spacial score (nSPS) is 10.3. The molecule has 0 atom stereocenters. The molecule has 110 valence electrons. The van der Waals surface area contributed by atoms with Crippen LogP contribution in [0.3, 0.4) is 0 Å². The van der Waals surface area contributed by atoms with Gasteiger partial charge >= 0.3 is 0 Å². The molecule has 4 nitrogen and oxygen atoms in total. The fraction of sp³-hybridized carbons (Fsp3) is 0.143. The van der Waals surface area contributed by atoms with E-state index in [2.05, 4.69) is 10.3 Å². The maximum absolute atomic E-state index is 13.1. The summed E-state index contributed by atoms with van der Waals surface area (Å²) in [7, 11) is 3.53. The maximum atomic E-state index is 13.1. The first-order chi connectivity index (χ1) is 9.90. The minimum Gasteiger partial charge on any atom is -0.376 e. The van der Waals surface area contributed by atoms with Crippen molar-refractivity contribution >= 4 is 17.3 Å². The summed E-state index contributed by atoms with van der Waals surface area (Å²) in [5.74, 6) is -5.20. The Kier molecular flexibility index (Phi) is 4.11. The van der Waals surface area contributed by atoms with E-state index in [1.165, 1.54) is 6.20 Å². The smallest absolute Gasteiger partial charge is 0.255 e. The molecule has 1 heterocycles. The largest absolute Gasteiger partial charge is 0.376 e. The number of amides is 1. The second kappa shape index (κ2) is 5.82. The van der Waals surface area contributed by atoms with Crippen LogP contribution in [0.1, 0.15) is 10.4 Å². The van der Waals surface area contributed by atoms with Crippen LogP contribution in [0.25, 0.3) is 0 Å². The van der Waals surface area contributed by atoms with Gasteiger partial charge in [0.2, 0.25) is 0 Å². The van der Waals surface area contributed by atoms with Crippen LogP contribution in [0.5, 0.6) is 0 Å². The van der Waals surface area contributed by atoms with Crippen LogP contribution in [-0.2, 0) is 0 Å². The Balaban J connectivity index is 2.31. The number of rotatable bonds is 3. The van der Waals surface area contributed by atoms with Crippen molar-refractivity contribution in [3.05, 3.63) is 53.6 Å². The van der Waals surface area contributed by atoms with Crippen molar-refractivity contribution in [3.63, 3.8) is 0 Å². The van der Waals surface area contributed by atoms with Crippen LogP contribution in [0.15, 0.2) is 30.6 Å². The molecule has 0 aliphatic carbocycles. The van der Waals surface area contributed by atoms with E-state index in [1.807, 2.05) is 0 Å². The molecule has 0 radical (unpaired) electrons. The summed E-state index contributed by atoms with van der Waals surface area (Å²) in [5.41, 5.74) is 0.721. The molecule has 21 heavy (non-hydrogen) atoms. The van der Waals surface area contributed by atoms with Gasteiger partial charge in [-0.3, -0.25) is 9.78 Å². The molecule has 1 amide bonds. The minimum atomic E-state index is -1.61. The molecular formula is C14H12F3N3O. The van der Waals surface area contributed by atoms with E-state index < -0.39 is 23.4 Å². The number of nitrogens with one attached hydrogen (secondary N) is 1. The monoisotopic (exact) mass is 295 g/mol. The molecule has 0 unspecified atom stereocenters. The summed E-state index contributed by atoms with van der Waals surface area (Å²) in [6, 6.07) is 2.94. The minimum absolute atomic E-state index is 0.319. The molecular weight excluding hydrogens is 283 g/mol. The fourth-order valence-electron chi connectivity index (χ4n) is 1.75. The first-order valence-electron chi connectivity index (χ1n) is 5.97. The molecule has 0 fully saturated rings. The van der Waals surface area contributed by atoms with Gasteiger partial charge in [0.1, 0.15) is 0 Å². The molecule has 0 spiro atoms. The van der Waals surface area contributed by atoms with Gasteiger partial charge in [0, 0.05) is 25.9 Å². The van der Waals surface area contributed by atoms with E-state index in [9.17, 15) is 18.0 Å². The van der Waals surface area contributed by atoms with Gasteiger partial charge in [-0.25, -0.2) is 13.2 Å². The Hall–Kier alpha value is -2.57. The highest BCUT2D eigenvalue weighted by Crippen LogP contribution is 2.23. The first-order valence-corrected chi connectivity index (χ1v) is 5.97. The van der Waals surface area contributed by atoms with Gasteiger partial charge in [0.15, 0.2) is 17.5 Å². The topological polar surface area (TPSA) is 45.2 Å². The quantitative estimate of drug-likeness (QED) is 0.886. The Morgan fingerprint density at radius 1 is 1.19 bits per heavy atom. The number of carbonyl (C=O) groups is 1. The lowest BCUT2D eigenvalue weighted by Gasteiger charge is -2.17. The van der Waals surface area contributed by atoms with Gasteiger partial charge in [-0.2, -0.15) is 0 Å². The van der Waals surface area contributed by atoms with Crippen LogP contribution in [0, 0.1) is 17.5 Å². The molecule has 0 saturated carbocycles. The van der Waals surface area contributed by atoms with E-state index in [-0.39, 0.29) is 5.56 Å². The van der Waals surface area contributed by atoms with Gasteiger partial charge in [0.05, 0.1) is 17.6 Å². The van der Waals surface area contributed by atoms with Gasteiger partial charge in [-0.05, 0) is 18.2 Å². The summed E-state index contributed by atoms with van der Waals surface area (Å²) >= 11 is 0. The molecule has 0 saturated heterocycles. The third-order valence-corrected chi connectivity index (χ3v) is 2.77. The van der Waals surface area contributed by atoms with Crippen LogP contribution in [0.2, 0.25) is 0 Å². The van der Waals surface area contributed by atoms with Crippen LogP contribution < -0.4 is 10.2 Å². The molecule has 2 rings (SSSR count). The average Bonchev–Trinajstić information content (AvgIpc) is 2.44. The third kappa shape index (κ3) is 3.13. The second-order valence-electron chi connectivity index (χ2n) is 4.50. The van der Waals surface area contributed by atoms with Crippen LogP contribution in [0.4, 0.5) is 24.5 Å². The van der Waals surface area contributed by atoms with Gasteiger partial charge in [0.25, 0.3) is 5.91 Å². The van der Waals surface area contributed by atoms with Crippen molar-refractivity contribution in [2.45, 2.75) is 0 Å². The molecule has 1 aromatic carbocycles. The van der Waals surface area contributed by atoms with E-state index >= 15 is 0 Å². The maximum Gasteiger partial charge on any atom is 0.255 e. The third-order valence-electron chi connectivity index (χ3n) is 2.77. The van der Waals surface area contributed by atoms with E-state index in [1.54, 1.807) is 31.3 Å². The highest BCUT2D eigenvalue weighted by atomic mass is 19.2. The lowest BCUT2D eigenvalue weighted by Crippen LogP contribution is -2.17. The zero-order chi connectivity index (χ0) is 15.6. The van der Waals surface area contributed by atoms with Crippen molar-refractivity contribution in [3.8, 4) is 0 Å². The fourth-order valence-corrected chi connectivity index (χ4v) is 1.75. The number of benzene rings is 1. The number of hydrogen-bond acceptors (Lipinski definition) is 3. The first kappa shape index (κ1) is 14.8. The van der Waals surface area contributed by atoms with Crippen molar-refractivity contribution in [2.75, 3.05) is 24.3 Å². The number of anilines is 2. The highest BCUT2D eigenvalue weighted by Gasteiger charge is 2.16. The van der Waals surface area contributed by atoms with Gasteiger partial charge in [-0.1, -0.05) is 0 Å². The molecule has 1 N–H and O–H groups in total. The van der Waals surface area contributed by atoms with Crippen molar-refractivity contribution in [2.24, 2.45) is 0 Å². The Morgan fingerprint density at radius 3 is 2.38 bits per heavy atom. The van der Waals surface area contributed by atoms with Crippen LogP contribution >= 0.6 is 0 Å². The number of carbonyl (C=O) groups excluding carboxylic acids is 1. The van der Waals surface area contributed by atoms with Crippen molar-refractivity contribution < 1.29 is 18.0 Å². The molecule has 0 aliphatic rings. The zero-order valence-electron chi connectivity index (χ0n) is 11.3. The lowest BCUT2D eigenvalue weighted by molar-refractivity contribution is 0.102. The Bertz CT molecular complexity index is 666. The summed E-state index contributed by atoms with van der Waals surface area (Å²) < 4.78 is 39.1. The summed E-state index contributed by atoms with van der Waals surface area (Å²) in [6.45, 7) is 0. The number of aromatic nitrogens is 1. The van der Waals surface area contributed by atoms with Crippen molar-refractivity contribution in [1.82, 2.24) is 4.98 Å². The Morgan fingerprint density at radius 2 is 1.81 bits per heavy atom. The van der Waals surface area contributed by atoms with Crippen LogP contribution in [-0.4, -0.2) is 25.0 Å². The highest BCUT2D eigenvalue weighted by molar-refractivity contribution is 6.05. The van der Waals surface area contributed by atoms with Gasteiger partial charge in [-0.15, -0.1) is 0 Å². The lowest BCUT2D eigenvalue weighted by atomic mass is 10.2. The Labute approximate surface area is 119 Å². The van der Waals surface area contributed by atoms with E-state index in [0.29, 0.717) is 23.5 Å². The number of halogens is 3. The molecule has 0 bridgehead atoms. The SMILES string of the molecule is CN(C)c1ccncc1NC(=O)c1cc(F)c(F)c(F)c1. The number of pyridine rings is 1. The summed E-state index contributed by atoms with van der Waals surface area (Å²) in [6.07, 6.45) is 2.95. The molecule has 7 heteroatoms. The predicted molar refractivity (Wildman–Crippen MR) is 72.8 cm³/mol. The molecule has 1 aromatic heterocycles. The number of hydrogen-bond donors (Lipinski definition) is 1. The standard InChI is InChI=1S/C14H12F3N3O/c1-20(2)12-3-4-18-7-11(12)19-14(21)8-5-9(15)13(17)10(16)6-8/h3-7H,1-2H3,(H,19,21). The molecule has 0 aliphatic heterocycles. The van der Waals surface area contributed by atoms with Crippen molar-refractivity contribution in [1.29, 1.82) is 0 Å². The zero-order valence-corrected chi connectivity index (χ0v) is 11.3. The summed E-state index contributed by atoms with van der Waals surface area (Å²) in [5, 5.41) is 2.48. The second-order valence-corrected chi connectivity index (χ2v) is 4.50. The number of nitrogens with zero attached hydrogens (tertiary/aromatic N) is 2.